The molecule has 2 aliphatic heterocycles. The summed E-state index contributed by atoms with van der Waals surface area (Å²) in [5.74, 6) is -0.596. The molecule has 1 fully saturated rings. The molecule has 2 aromatic carbocycles. The van der Waals surface area contributed by atoms with Crippen LogP contribution in [0.5, 0.6) is 0 Å². The number of likely N-dealkylation sites (tertiary alicyclic amines) is 1. The van der Waals surface area contributed by atoms with Crippen molar-refractivity contribution >= 4 is 21.8 Å². The summed E-state index contributed by atoms with van der Waals surface area (Å²) in [4.78, 5) is 38.0. The molecule has 3 aromatic rings. The van der Waals surface area contributed by atoms with Gasteiger partial charge in [-0.05, 0) is 48.7 Å². The average molecular weight is 576 g/mol. The standard InChI is InChI=1S/C30H33N5O5S/c1-22-9-11-25(12-10-22)41(38,39)34-26(18-23-6-3-2-4-7-23)29(37)35-16-13-30(14-17-35)19-27(33-40-30)28(36)32-21-24-8-5-15-31-20-24/h2-12,15,19-20,26,33-34H,13-14,16-18,21H2,1H3,(H,32,36). The van der Waals surface area contributed by atoms with E-state index in [1.165, 1.54) is 12.1 Å². The molecule has 41 heavy (non-hydrogen) atoms. The summed E-state index contributed by atoms with van der Waals surface area (Å²) in [5, 5.41) is 2.85. The van der Waals surface area contributed by atoms with Gasteiger partial charge in [0.15, 0.2) is 0 Å². The number of amides is 2. The predicted octanol–water partition coefficient (Wildman–Crippen LogP) is 2.38. The lowest BCUT2D eigenvalue weighted by Gasteiger charge is -2.38. The monoisotopic (exact) mass is 575 g/mol. The lowest BCUT2D eigenvalue weighted by molar-refractivity contribution is -0.139. The SMILES string of the molecule is Cc1ccc(S(=O)(=O)NC(Cc2ccccc2)C(=O)N2CCC3(C=C(C(=O)NCc4cccnc4)NO3)CC2)cc1. The Morgan fingerprint density at radius 1 is 1.02 bits per heavy atom. The maximum atomic E-state index is 13.7. The fraction of sp³-hybridized carbons (Fsp3) is 0.300. The van der Waals surface area contributed by atoms with Gasteiger partial charge in [0, 0.05) is 44.9 Å². The number of rotatable bonds is 9. The maximum Gasteiger partial charge on any atom is 0.269 e. The largest absolute Gasteiger partial charge is 0.347 e. The number of nitrogens with one attached hydrogen (secondary N) is 3. The Bertz CT molecular complexity index is 1500. The molecule has 1 unspecified atom stereocenters. The number of hydroxylamine groups is 1. The van der Waals surface area contributed by atoms with Crippen LogP contribution < -0.4 is 15.5 Å². The highest BCUT2D eigenvalue weighted by atomic mass is 32.2. The molecule has 10 nitrogen and oxygen atoms in total. The van der Waals surface area contributed by atoms with Crippen LogP contribution in [0, 0.1) is 6.92 Å². The number of nitrogens with zero attached hydrogens (tertiary/aromatic N) is 2. The molecule has 3 N–H and O–H groups in total. The van der Waals surface area contributed by atoms with Crippen LogP contribution in [0.3, 0.4) is 0 Å². The van der Waals surface area contributed by atoms with Crippen molar-refractivity contribution in [2.24, 2.45) is 0 Å². The topological polar surface area (TPSA) is 130 Å². The highest BCUT2D eigenvalue weighted by Gasteiger charge is 2.42. The highest BCUT2D eigenvalue weighted by Crippen LogP contribution is 2.32. The van der Waals surface area contributed by atoms with Crippen LogP contribution in [-0.2, 0) is 37.4 Å². The Labute approximate surface area is 239 Å². The van der Waals surface area contributed by atoms with E-state index in [2.05, 4.69) is 20.5 Å². The zero-order valence-corrected chi connectivity index (χ0v) is 23.6. The van der Waals surface area contributed by atoms with Crippen LogP contribution in [-0.4, -0.2) is 54.8 Å². The van der Waals surface area contributed by atoms with Gasteiger partial charge in [-0.25, -0.2) is 8.42 Å². The molecule has 0 radical (unpaired) electrons. The smallest absolute Gasteiger partial charge is 0.269 e. The van der Waals surface area contributed by atoms with E-state index < -0.39 is 21.7 Å². The minimum absolute atomic E-state index is 0.108. The van der Waals surface area contributed by atoms with Crippen molar-refractivity contribution in [3.8, 4) is 0 Å². The molecule has 1 saturated heterocycles. The quantitative estimate of drug-likeness (QED) is 0.357. The summed E-state index contributed by atoms with van der Waals surface area (Å²) in [6.45, 7) is 2.91. The van der Waals surface area contributed by atoms with Gasteiger partial charge in [-0.1, -0.05) is 54.1 Å². The van der Waals surface area contributed by atoms with Gasteiger partial charge in [0.1, 0.15) is 17.3 Å². The molecule has 0 bridgehead atoms. The number of carbonyl (C=O) groups excluding carboxylic acids is 2. The summed E-state index contributed by atoms with van der Waals surface area (Å²) >= 11 is 0. The first-order valence-corrected chi connectivity index (χ1v) is 15.0. The summed E-state index contributed by atoms with van der Waals surface area (Å²) in [6.07, 6.45) is 6.25. The third-order valence-electron chi connectivity index (χ3n) is 7.32. The number of hydrogen-bond donors (Lipinski definition) is 3. The molecule has 214 valence electrons. The highest BCUT2D eigenvalue weighted by molar-refractivity contribution is 7.89. The number of carbonyl (C=O) groups is 2. The predicted molar refractivity (Wildman–Crippen MR) is 152 cm³/mol. The number of aryl methyl sites for hydroxylation is 1. The first-order valence-electron chi connectivity index (χ1n) is 13.5. The zero-order valence-electron chi connectivity index (χ0n) is 22.7. The molecule has 2 amide bonds. The van der Waals surface area contributed by atoms with Crippen molar-refractivity contribution in [2.75, 3.05) is 13.1 Å². The first-order chi connectivity index (χ1) is 19.7. The van der Waals surface area contributed by atoms with Crippen molar-refractivity contribution in [3.05, 3.63) is 108 Å². The van der Waals surface area contributed by atoms with E-state index in [1.807, 2.05) is 43.3 Å². The molecular weight excluding hydrogens is 542 g/mol. The van der Waals surface area contributed by atoms with Crippen molar-refractivity contribution in [3.63, 3.8) is 0 Å². The first kappa shape index (κ1) is 28.5. The fourth-order valence-electron chi connectivity index (χ4n) is 4.95. The Balaban J connectivity index is 1.24. The van der Waals surface area contributed by atoms with Crippen LogP contribution in [0.2, 0.25) is 0 Å². The van der Waals surface area contributed by atoms with Crippen molar-refractivity contribution < 1.29 is 22.8 Å². The molecule has 0 saturated carbocycles. The summed E-state index contributed by atoms with van der Waals surface area (Å²) < 4.78 is 29.1. The third-order valence-corrected chi connectivity index (χ3v) is 8.81. The van der Waals surface area contributed by atoms with Gasteiger partial charge in [0.2, 0.25) is 15.9 Å². The normalized spacial score (nSPS) is 17.0. The minimum Gasteiger partial charge on any atom is -0.347 e. The van der Waals surface area contributed by atoms with Gasteiger partial charge in [0.25, 0.3) is 5.91 Å². The van der Waals surface area contributed by atoms with Crippen molar-refractivity contribution in [1.82, 2.24) is 25.4 Å². The van der Waals surface area contributed by atoms with Gasteiger partial charge in [-0.15, -0.1) is 0 Å². The van der Waals surface area contributed by atoms with E-state index in [0.717, 1.165) is 16.7 Å². The van der Waals surface area contributed by atoms with E-state index in [0.29, 0.717) is 38.2 Å². The molecule has 3 heterocycles. The van der Waals surface area contributed by atoms with Crippen LogP contribution in [0.4, 0.5) is 0 Å². The number of aromatic nitrogens is 1. The van der Waals surface area contributed by atoms with Gasteiger partial charge in [-0.3, -0.25) is 24.9 Å². The Morgan fingerprint density at radius 2 is 1.73 bits per heavy atom. The van der Waals surface area contributed by atoms with E-state index in [1.54, 1.807) is 41.6 Å². The number of benzene rings is 2. The minimum atomic E-state index is -3.93. The van der Waals surface area contributed by atoms with E-state index in [4.69, 9.17) is 4.84 Å². The second-order valence-electron chi connectivity index (χ2n) is 10.4. The van der Waals surface area contributed by atoms with Crippen LogP contribution in [0.15, 0.2) is 95.8 Å². The molecule has 1 aromatic heterocycles. The molecule has 5 rings (SSSR count). The lowest BCUT2D eigenvalue weighted by Crippen LogP contribution is -2.54. The summed E-state index contributed by atoms with van der Waals surface area (Å²) in [5.41, 5.74) is 5.00. The van der Waals surface area contributed by atoms with E-state index >= 15 is 0 Å². The molecule has 11 heteroatoms. The lowest BCUT2D eigenvalue weighted by atomic mass is 9.90. The molecule has 0 aliphatic carbocycles. The molecular formula is C30H33N5O5S. The number of sulfonamides is 1. The fourth-order valence-corrected chi connectivity index (χ4v) is 6.13. The Hall–Kier alpha value is -4.06. The van der Waals surface area contributed by atoms with Crippen molar-refractivity contribution in [2.45, 2.75) is 49.3 Å². The maximum absolute atomic E-state index is 13.7. The van der Waals surface area contributed by atoms with Gasteiger partial charge < -0.3 is 10.2 Å². The molecule has 1 atom stereocenters. The van der Waals surface area contributed by atoms with Crippen molar-refractivity contribution in [1.29, 1.82) is 0 Å². The van der Waals surface area contributed by atoms with E-state index in [9.17, 15) is 18.0 Å². The molecule has 2 aliphatic rings. The second kappa shape index (κ2) is 12.2. The Morgan fingerprint density at radius 3 is 2.41 bits per heavy atom. The van der Waals surface area contributed by atoms with Crippen LogP contribution in [0.25, 0.3) is 0 Å². The van der Waals surface area contributed by atoms with E-state index in [-0.39, 0.29) is 23.1 Å². The Kier molecular flexibility index (Phi) is 8.48. The number of hydrogen-bond acceptors (Lipinski definition) is 7. The average Bonchev–Trinajstić information content (AvgIpc) is 3.40. The van der Waals surface area contributed by atoms with Gasteiger partial charge in [0.05, 0.1) is 4.90 Å². The van der Waals surface area contributed by atoms with Crippen LogP contribution >= 0.6 is 0 Å². The summed E-state index contributed by atoms with van der Waals surface area (Å²) in [6, 6.07) is 18.6. The number of piperidine rings is 1. The number of pyridine rings is 1. The van der Waals surface area contributed by atoms with Gasteiger partial charge >= 0.3 is 0 Å². The second-order valence-corrected chi connectivity index (χ2v) is 12.1. The van der Waals surface area contributed by atoms with Crippen LogP contribution in [0.1, 0.15) is 29.5 Å². The van der Waals surface area contributed by atoms with Gasteiger partial charge in [-0.2, -0.15) is 4.72 Å². The summed E-state index contributed by atoms with van der Waals surface area (Å²) in [7, 11) is -3.93. The molecule has 1 spiro atoms. The zero-order chi connectivity index (χ0) is 28.9. The third kappa shape index (κ3) is 6.99.